The van der Waals surface area contributed by atoms with Gasteiger partial charge < -0.3 is 9.47 Å². The van der Waals surface area contributed by atoms with Crippen LogP contribution in [0.3, 0.4) is 0 Å². The number of rotatable bonds is 10. The number of esters is 1. The van der Waals surface area contributed by atoms with Crippen LogP contribution in [0.4, 0.5) is 0 Å². The van der Waals surface area contributed by atoms with Crippen molar-refractivity contribution in [2.75, 3.05) is 6.61 Å². The summed E-state index contributed by atoms with van der Waals surface area (Å²) in [6.07, 6.45) is 8.49. The number of ether oxygens (including phenoxy) is 2. The summed E-state index contributed by atoms with van der Waals surface area (Å²) in [5.74, 6) is -0.0444. The zero-order chi connectivity index (χ0) is 17.3. The van der Waals surface area contributed by atoms with Crippen LogP contribution in [0.2, 0.25) is 0 Å². The van der Waals surface area contributed by atoms with Crippen molar-refractivity contribution in [2.24, 2.45) is 5.41 Å². The fourth-order valence-electron chi connectivity index (χ4n) is 3.82. The van der Waals surface area contributed by atoms with Crippen LogP contribution in [0.5, 0.6) is 0 Å². The Kier molecular flexibility index (Phi) is 7.77. The highest BCUT2D eigenvalue weighted by Gasteiger charge is 2.50. The van der Waals surface area contributed by atoms with Gasteiger partial charge in [0.1, 0.15) is 0 Å². The molecular formula is C21H32O3. The zero-order valence-electron chi connectivity index (χ0n) is 15.3. The lowest BCUT2D eigenvalue weighted by Gasteiger charge is -2.33. The first kappa shape index (κ1) is 19.0. The Bertz CT molecular complexity index is 485. The molecule has 3 nitrogen and oxygen atoms in total. The Morgan fingerprint density at radius 1 is 1.17 bits per heavy atom. The molecule has 0 bridgehead atoms. The summed E-state index contributed by atoms with van der Waals surface area (Å²) in [5, 5.41) is 0. The van der Waals surface area contributed by atoms with Gasteiger partial charge in [-0.05, 0) is 38.2 Å². The smallest absolute Gasteiger partial charge is 0.314 e. The van der Waals surface area contributed by atoms with Crippen LogP contribution in [0, 0.1) is 5.41 Å². The third kappa shape index (κ3) is 4.83. The predicted octanol–water partition coefficient (Wildman–Crippen LogP) is 5.28. The summed E-state index contributed by atoms with van der Waals surface area (Å²) in [7, 11) is 0. The van der Waals surface area contributed by atoms with Gasteiger partial charge >= 0.3 is 5.97 Å². The van der Waals surface area contributed by atoms with E-state index in [1.54, 1.807) is 0 Å². The molecule has 0 saturated heterocycles. The largest absolute Gasteiger partial charge is 0.465 e. The maximum atomic E-state index is 12.8. The highest BCUT2D eigenvalue weighted by molar-refractivity contribution is 5.78. The molecule has 1 saturated carbocycles. The maximum Gasteiger partial charge on any atom is 0.314 e. The third-order valence-corrected chi connectivity index (χ3v) is 5.16. The van der Waals surface area contributed by atoms with Gasteiger partial charge in [0.25, 0.3) is 0 Å². The number of carbonyl (C=O) groups is 1. The Balaban J connectivity index is 2.03. The van der Waals surface area contributed by atoms with E-state index in [1.165, 1.54) is 19.3 Å². The van der Waals surface area contributed by atoms with Crippen molar-refractivity contribution in [3.8, 4) is 0 Å². The highest BCUT2D eigenvalue weighted by atomic mass is 16.5. The molecule has 0 aliphatic heterocycles. The Hall–Kier alpha value is -1.35. The van der Waals surface area contributed by atoms with Crippen molar-refractivity contribution in [3.05, 3.63) is 35.9 Å². The minimum Gasteiger partial charge on any atom is -0.465 e. The lowest BCUT2D eigenvalue weighted by atomic mass is 9.78. The van der Waals surface area contributed by atoms with Gasteiger partial charge in [-0.2, -0.15) is 0 Å². The fraction of sp³-hybridized carbons (Fsp3) is 0.667. The summed E-state index contributed by atoms with van der Waals surface area (Å²) < 4.78 is 11.7. The van der Waals surface area contributed by atoms with Crippen molar-refractivity contribution in [1.29, 1.82) is 0 Å². The van der Waals surface area contributed by atoms with Gasteiger partial charge in [-0.1, -0.05) is 62.9 Å². The normalized spacial score (nSPS) is 23.3. The molecule has 2 unspecified atom stereocenters. The standard InChI is InChI=1S/C21H32O3/c1-3-5-6-10-15-21(20(22)23-4-2)16-11-14-19(21)24-17-18-12-8-7-9-13-18/h7-9,12-13,19H,3-6,10-11,14-17H2,1-2H3. The maximum absolute atomic E-state index is 12.8. The molecule has 0 spiro atoms. The van der Waals surface area contributed by atoms with Crippen LogP contribution in [-0.4, -0.2) is 18.7 Å². The van der Waals surface area contributed by atoms with E-state index in [0.29, 0.717) is 13.2 Å². The third-order valence-electron chi connectivity index (χ3n) is 5.16. The number of unbranched alkanes of at least 4 members (excludes halogenated alkanes) is 3. The summed E-state index contributed by atoms with van der Waals surface area (Å²) >= 11 is 0. The van der Waals surface area contributed by atoms with Gasteiger partial charge in [-0.3, -0.25) is 4.79 Å². The Labute approximate surface area is 146 Å². The lowest BCUT2D eigenvalue weighted by molar-refractivity contribution is -0.165. The molecule has 24 heavy (non-hydrogen) atoms. The zero-order valence-corrected chi connectivity index (χ0v) is 15.3. The molecule has 2 atom stereocenters. The van der Waals surface area contributed by atoms with Crippen LogP contribution in [0.25, 0.3) is 0 Å². The monoisotopic (exact) mass is 332 g/mol. The molecule has 0 aromatic heterocycles. The summed E-state index contributed by atoms with van der Waals surface area (Å²) in [4.78, 5) is 12.8. The first-order valence-electron chi connectivity index (χ1n) is 9.55. The Morgan fingerprint density at radius 3 is 2.67 bits per heavy atom. The van der Waals surface area contributed by atoms with Crippen LogP contribution >= 0.6 is 0 Å². The molecule has 3 heteroatoms. The van der Waals surface area contributed by atoms with Crippen LogP contribution in [0.1, 0.15) is 70.8 Å². The summed E-state index contributed by atoms with van der Waals surface area (Å²) in [6, 6.07) is 10.2. The molecule has 0 heterocycles. The van der Waals surface area contributed by atoms with Gasteiger partial charge in [0.05, 0.1) is 24.7 Å². The number of benzene rings is 1. The molecule has 1 aliphatic rings. The summed E-state index contributed by atoms with van der Waals surface area (Å²) in [6.45, 7) is 5.11. The Morgan fingerprint density at radius 2 is 1.96 bits per heavy atom. The van der Waals surface area contributed by atoms with E-state index < -0.39 is 5.41 Å². The molecule has 0 radical (unpaired) electrons. The molecular weight excluding hydrogens is 300 g/mol. The molecule has 1 aliphatic carbocycles. The number of hydrogen-bond acceptors (Lipinski definition) is 3. The lowest BCUT2D eigenvalue weighted by Crippen LogP contribution is -2.41. The number of carbonyl (C=O) groups excluding carboxylic acids is 1. The predicted molar refractivity (Wildman–Crippen MR) is 96.7 cm³/mol. The van der Waals surface area contributed by atoms with Crippen molar-refractivity contribution < 1.29 is 14.3 Å². The van der Waals surface area contributed by atoms with Gasteiger partial charge in [-0.25, -0.2) is 0 Å². The van der Waals surface area contributed by atoms with E-state index >= 15 is 0 Å². The molecule has 0 amide bonds. The topological polar surface area (TPSA) is 35.5 Å². The fourth-order valence-corrected chi connectivity index (χ4v) is 3.82. The van der Waals surface area contributed by atoms with E-state index in [2.05, 4.69) is 19.1 Å². The molecule has 1 aromatic carbocycles. The van der Waals surface area contributed by atoms with Crippen molar-refractivity contribution in [3.63, 3.8) is 0 Å². The van der Waals surface area contributed by atoms with Gasteiger partial charge in [0, 0.05) is 0 Å². The molecule has 2 rings (SSSR count). The average Bonchev–Trinajstić information content (AvgIpc) is 3.02. The van der Waals surface area contributed by atoms with Crippen LogP contribution in [0.15, 0.2) is 30.3 Å². The van der Waals surface area contributed by atoms with Gasteiger partial charge in [0.15, 0.2) is 0 Å². The van der Waals surface area contributed by atoms with E-state index in [4.69, 9.17) is 9.47 Å². The molecule has 1 fully saturated rings. The van der Waals surface area contributed by atoms with Crippen LogP contribution < -0.4 is 0 Å². The van der Waals surface area contributed by atoms with Crippen molar-refractivity contribution in [1.82, 2.24) is 0 Å². The molecule has 1 aromatic rings. The second kappa shape index (κ2) is 9.83. The first-order chi connectivity index (χ1) is 11.7. The van der Waals surface area contributed by atoms with Crippen molar-refractivity contribution in [2.45, 2.75) is 77.9 Å². The van der Waals surface area contributed by atoms with E-state index in [1.807, 2.05) is 25.1 Å². The molecule has 134 valence electrons. The molecule has 0 N–H and O–H groups in total. The quantitative estimate of drug-likeness (QED) is 0.432. The van der Waals surface area contributed by atoms with Crippen molar-refractivity contribution >= 4 is 5.97 Å². The van der Waals surface area contributed by atoms with E-state index in [0.717, 1.165) is 37.7 Å². The van der Waals surface area contributed by atoms with Gasteiger partial charge in [-0.15, -0.1) is 0 Å². The minimum atomic E-state index is -0.432. The van der Waals surface area contributed by atoms with E-state index in [9.17, 15) is 4.79 Å². The minimum absolute atomic E-state index is 0.0154. The van der Waals surface area contributed by atoms with E-state index in [-0.39, 0.29) is 12.1 Å². The van der Waals surface area contributed by atoms with Crippen LogP contribution in [-0.2, 0) is 20.9 Å². The number of hydrogen-bond donors (Lipinski definition) is 0. The summed E-state index contributed by atoms with van der Waals surface area (Å²) in [5.41, 5.74) is 0.728. The SMILES string of the molecule is CCCCCCC1(C(=O)OCC)CCCC1OCc1ccccc1. The average molecular weight is 332 g/mol. The second-order valence-electron chi connectivity index (χ2n) is 6.86. The second-order valence-corrected chi connectivity index (χ2v) is 6.86. The first-order valence-corrected chi connectivity index (χ1v) is 9.55. The highest BCUT2D eigenvalue weighted by Crippen LogP contribution is 2.45. The van der Waals surface area contributed by atoms with Gasteiger partial charge in [0.2, 0.25) is 0 Å².